The SMILES string of the molecule is CC[C@@H]1CC[C@@H](C)[C@@H](OC2[C@@H](C)C[C@@H](CCC(O)CNC(=O)OC(C)(C)C)[C@H](O[C@H]3O[C@H](CO)[C@@H](O)[C@H](N)[C@H]3O)[C@H]2O)O1. The Labute approximate surface area is 255 Å². The van der Waals surface area contributed by atoms with Gasteiger partial charge in [-0.3, -0.25) is 0 Å². The van der Waals surface area contributed by atoms with Gasteiger partial charge >= 0.3 is 6.09 Å². The number of ether oxygens (including phenoxy) is 5. The Hall–Kier alpha value is -1.13. The Morgan fingerprint density at radius 2 is 1.67 bits per heavy atom. The van der Waals surface area contributed by atoms with Gasteiger partial charge in [-0.1, -0.05) is 20.8 Å². The van der Waals surface area contributed by atoms with E-state index in [0.29, 0.717) is 12.8 Å². The lowest BCUT2D eigenvalue weighted by atomic mass is 9.74. The molecule has 3 aliphatic rings. The minimum absolute atomic E-state index is 0.0120. The fourth-order valence-electron chi connectivity index (χ4n) is 6.24. The summed E-state index contributed by atoms with van der Waals surface area (Å²) >= 11 is 0. The summed E-state index contributed by atoms with van der Waals surface area (Å²) in [7, 11) is 0. The first-order valence-electron chi connectivity index (χ1n) is 15.8. The van der Waals surface area contributed by atoms with E-state index in [9.17, 15) is 30.3 Å². The van der Waals surface area contributed by atoms with Crippen molar-refractivity contribution in [1.82, 2.24) is 5.32 Å². The molecule has 1 amide bonds. The summed E-state index contributed by atoms with van der Waals surface area (Å²) in [6.45, 7) is 10.8. The number of rotatable bonds is 11. The van der Waals surface area contributed by atoms with Crippen LogP contribution in [-0.2, 0) is 23.7 Å². The van der Waals surface area contributed by atoms with Crippen LogP contribution in [0.4, 0.5) is 4.79 Å². The zero-order valence-electron chi connectivity index (χ0n) is 26.5. The molecule has 14 atom stereocenters. The van der Waals surface area contributed by atoms with E-state index < -0.39 is 79.7 Å². The molecule has 13 heteroatoms. The van der Waals surface area contributed by atoms with Gasteiger partial charge < -0.3 is 60.3 Å². The Morgan fingerprint density at radius 1 is 1.00 bits per heavy atom. The summed E-state index contributed by atoms with van der Waals surface area (Å²) in [6.07, 6.45) is -5.65. The van der Waals surface area contributed by atoms with Crippen LogP contribution in [0, 0.1) is 17.8 Å². The van der Waals surface area contributed by atoms with Crippen molar-refractivity contribution in [3.8, 4) is 0 Å². The standard InChI is InChI=1S/C30H56N2O11/c1-7-19-11-8-15(2)27(39-19)41-25-16(3)12-17(9-10-18(34)13-32-29(38)43-30(4,5)6)26(24(25)37)42-28-23(36)21(31)22(35)20(14-33)40-28/h15-28,33-37H,7-14,31H2,1-6H3,(H,32,38)/t15-,16+,17-,18?,19-,20-,21+,22-,23-,24+,25?,26+,27-,28-/m1/s1. The molecule has 252 valence electrons. The molecule has 0 aromatic heterocycles. The molecule has 0 radical (unpaired) electrons. The van der Waals surface area contributed by atoms with Crippen molar-refractivity contribution in [3.63, 3.8) is 0 Å². The Morgan fingerprint density at radius 3 is 2.30 bits per heavy atom. The zero-order chi connectivity index (χ0) is 32.1. The molecule has 2 heterocycles. The maximum atomic E-state index is 12.0. The molecule has 3 fully saturated rings. The number of amides is 1. The van der Waals surface area contributed by atoms with Crippen LogP contribution in [0.5, 0.6) is 0 Å². The van der Waals surface area contributed by atoms with E-state index in [0.717, 1.165) is 19.3 Å². The van der Waals surface area contributed by atoms with E-state index in [4.69, 9.17) is 29.4 Å². The minimum Gasteiger partial charge on any atom is -0.444 e. The van der Waals surface area contributed by atoms with Gasteiger partial charge in [0.25, 0.3) is 0 Å². The van der Waals surface area contributed by atoms with E-state index in [1.807, 2.05) is 6.92 Å². The highest BCUT2D eigenvalue weighted by Gasteiger charge is 2.50. The van der Waals surface area contributed by atoms with Crippen LogP contribution in [0.15, 0.2) is 0 Å². The van der Waals surface area contributed by atoms with E-state index in [1.165, 1.54) is 0 Å². The molecule has 43 heavy (non-hydrogen) atoms. The molecule has 0 bridgehead atoms. The van der Waals surface area contributed by atoms with Crippen LogP contribution in [0.2, 0.25) is 0 Å². The first-order valence-corrected chi connectivity index (χ1v) is 15.8. The molecule has 2 unspecified atom stereocenters. The van der Waals surface area contributed by atoms with Crippen LogP contribution >= 0.6 is 0 Å². The fourth-order valence-corrected chi connectivity index (χ4v) is 6.24. The number of carbonyl (C=O) groups excluding carboxylic acids is 1. The molecule has 0 aromatic carbocycles. The van der Waals surface area contributed by atoms with E-state index in [1.54, 1.807) is 20.8 Å². The highest BCUT2D eigenvalue weighted by Crippen LogP contribution is 2.40. The van der Waals surface area contributed by atoms with Gasteiger partial charge in [0.2, 0.25) is 0 Å². The lowest BCUT2D eigenvalue weighted by Crippen LogP contribution is -2.64. The largest absolute Gasteiger partial charge is 0.444 e. The summed E-state index contributed by atoms with van der Waals surface area (Å²) in [5, 5.41) is 55.7. The van der Waals surface area contributed by atoms with Gasteiger partial charge in [0.1, 0.15) is 30.0 Å². The van der Waals surface area contributed by atoms with Crippen LogP contribution in [0.1, 0.15) is 80.1 Å². The summed E-state index contributed by atoms with van der Waals surface area (Å²) < 4.78 is 29.8. The molecular formula is C30H56N2O11. The molecule has 2 saturated heterocycles. The number of hydrogen-bond acceptors (Lipinski definition) is 12. The van der Waals surface area contributed by atoms with Crippen LogP contribution < -0.4 is 11.1 Å². The van der Waals surface area contributed by atoms with Crippen molar-refractivity contribution in [2.24, 2.45) is 23.5 Å². The molecule has 2 aliphatic heterocycles. The monoisotopic (exact) mass is 620 g/mol. The number of carbonyl (C=O) groups is 1. The first-order chi connectivity index (χ1) is 20.1. The van der Waals surface area contributed by atoms with Crippen LogP contribution in [-0.4, -0.2) is 118 Å². The van der Waals surface area contributed by atoms with Gasteiger partial charge in [0, 0.05) is 12.5 Å². The third kappa shape index (κ3) is 9.93. The van der Waals surface area contributed by atoms with E-state index >= 15 is 0 Å². The number of aliphatic hydroxyl groups excluding tert-OH is 5. The normalized spacial score (nSPS) is 41.4. The second-order valence-corrected chi connectivity index (χ2v) is 13.7. The maximum absolute atomic E-state index is 12.0. The second kappa shape index (κ2) is 15.9. The molecule has 1 saturated carbocycles. The van der Waals surface area contributed by atoms with Gasteiger partial charge in [-0.15, -0.1) is 0 Å². The summed E-state index contributed by atoms with van der Waals surface area (Å²) in [6, 6.07) is -1.13. The van der Waals surface area contributed by atoms with Gasteiger partial charge in [-0.05, 0) is 71.1 Å². The highest BCUT2D eigenvalue weighted by atomic mass is 16.7. The van der Waals surface area contributed by atoms with E-state index in [2.05, 4.69) is 19.2 Å². The molecule has 1 aliphatic carbocycles. The summed E-state index contributed by atoms with van der Waals surface area (Å²) in [4.78, 5) is 12.0. The number of alkyl carbamates (subject to hydrolysis) is 1. The number of nitrogens with one attached hydrogen (secondary N) is 1. The lowest BCUT2D eigenvalue weighted by Gasteiger charge is -2.48. The average Bonchev–Trinajstić information content (AvgIpc) is 2.94. The quantitative estimate of drug-likeness (QED) is 0.171. The van der Waals surface area contributed by atoms with Crippen molar-refractivity contribution < 1.29 is 54.0 Å². The molecular weight excluding hydrogens is 564 g/mol. The first kappa shape index (κ1) is 36.3. The smallest absolute Gasteiger partial charge is 0.407 e. The van der Waals surface area contributed by atoms with Crippen molar-refractivity contribution in [3.05, 3.63) is 0 Å². The second-order valence-electron chi connectivity index (χ2n) is 13.7. The Balaban J connectivity index is 1.73. The highest BCUT2D eigenvalue weighted by molar-refractivity contribution is 5.67. The third-order valence-corrected chi connectivity index (χ3v) is 8.84. The molecule has 13 nitrogen and oxygen atoms in total. The number of nitrogens with two attached hydrogens (primary N) is 1. The topological polar surface area (TPSA) is 202 Å². The average molecular weight is 621 g/mol. The van der Waals surface area contributed by atoms with Gasteiger partial charge in [-0.25, -0.2) is 4.79 Å². The Kier molecular flexibility index (Phi) is 13.5. The van der Waals surface area contributed by atoms with Gasteiger partial charge in [-0.2, -0.15) is 0 Å². The fraction of sp³-hybridized carbons (Fsp3) is 0.967. The van der Waals surface area contributed by atoms with E-state index in [-0.39, 0.29) is 36.8 Å². The zero-order valence-corrected chi connectivity index (χ0v) is 26.5. The predicted molar refractivity (Wildman–Crippen MR) is 156 cm³/mol. The van der Waals surface area contributed by atoms with Crippen molar-refractivity contribution in [2.75, 3.05) is 13.2 Å². The number of hydrogen-bond donors (Lipinski definition) is 7. The number of aliphatic hydroxyl groups is 5. The van der Waals surface area contributed by atoms with Crippen molar-refractivity contribution in [2.45, 2.75) is 153 Å². The summed E-state index contributed by atoms with van der Waals surface area (Å²) in [5.74, 6) is -0.248. The maximum Gasteiger partial charge on any atom is 0.407 e. The van der Waals surface area contributed by atoms with Crippen molar-refractivity contribution >= 4 is 6.09 Å². The Bertz CT molecular complexity index is 858. The lowest BCUT2D eigenvalue weighted by molar-refractivity contribution is -0.323. The molecule has 0 aromatic rings. The third-order valence-electron chi connectivity index (χ3n) is 8.84. The predicted octanol–water partition coefficient (Wildman–Crippen LogP) is 0.757. The van der Waals surface area contributed by atoms with Gasteiger partial charge in [0.05, 0.1) is 37.1 Å². The molecule has 8 N–H and O–H groups in total. The molecule has 0 spiro atoms. The van der Waals surface area contributed by atoms with Crippen LogP contribution in [0.25, 0.3) is 0 Å². The summed E-state index contributed by atoms with van der Waals surface area (Å²) in [5.41, 5.74) is 5.35. The van der Waals surface area contributed by atoms with Crippen LogP contribution in [0.3, 0.4) is 0 Å². The van der Waals surface area contributed by atoms with Crippen molar-refractivity contribution in [1.29, 1.82) is 0 Å². The molecule has 3 rings (SSSR count). The van der Waals surface area contributed by atoms with Gasteiger partial charge in [0.15, 0.2) is 12.6 Å². The minimum atomic E-state index is -1.42.